The fourth-order valence-electron chi connectivity index (χ4n) is 3.64. The predicted octanol–water partition coefficient (Wildman–Crippen LogP) is 6.83. The Bertz CT molecular complexity index is 832. The molecular weight excluding hydrogens is 367 g/mol. The standard InChI is InChI=1S/C24H27O3P/c1-3-26-28(25,27-4-2)24(22-18-12-7-13-19-22)23(20-14-8-5-9-15-20)21-16-10-6-11-17-21/h5-19,23-24H,3-4H2,1-2H3. The van der Waals surface area contributed by atoms with Crippen molar-refractivity contribution in [3.63, 3.8) is 0 Å². The van der Waals surface area contributed by atoms with Gasteiger partial charge >= 0.3 is 7.60 Å². The van der Waals surface area contributed by atoms with Crippen LogP contribution < -0.4 is 0 Å². The largest absolute Gasteiger partial charge is 0.339 e. The number of rotatable bonds is 9. The van der Waals surface area contributed by atoms with Gasteiger partial charge in [-0.25, -0.2) is 0 Å². The lowest BCUT2D eigenvalue weighted by atomic mass is 9.85. The Morgan fingerprint density at radius 2 is 1.00 bits per heavy atom. The first-order chi connectivity index (χ1) is 13.7. The predicted molar refractivity (Wildman–Crippen MR) is 115 cm³/mol. The molecule has 0 heterocycles. The highest BCUT2D eigenvalue weighted by atomic mass is 31.2. The molecule has 3 rings (SSSR count). The summed E-state index contributed by atoms with van der Waals surface area (Å²) >= 11 is 0. The molecule has 0 aliphatic heterocycles. The van der Waals surface area contributed by atoms with Crippen LogP contribution in [-0.4, -0.2) is 13.2 Å². The van der Waals surface area contributed by atoms with Crippen LogP contribution in [0.5, 0.6) is 0 Å². The molecule has 1 atom stereocenters. The monoisotopic (exact) mass is 394 g/mol. The molecule has 4 heteroatoms. The zero-order chi connectivity index (χ0) is 19.8. The van der Waals surface area contributed by atoms with Gasteiger partial charge in [-0.05, 0) is 30.5 Å². The van der Waals surface area contributed by atoms with Crippen LogP contribution in [0.15, 0.2) is 91.0 Å². The van der Waals surface area contributed by atoms with E-state index in [4.69, 9.17) is 9.05 Å². The SMILES string of the molecule is CCOP(=O)(OCC)C(c1ccccc1)C(c1ccccc1)c1ccccc1. The molecule has 0 spiro atoms. The molecule has 0 N–H and O–H groups in total. The summed E-state index contributed by atoms with van der Waals surface area (Å²) in [6.07, 6.45) is 0. The maximum absolute atomic E-state index is 14.1. The third-order valence-electron chi connectivity index (χ3n) is 4.73. The van der Waals surface area contributed by atoms with Crippen molar-refractivity contribution in [3.05, 3.63) is 108 Å². The van der Waals surface area contributed by atoms with Crippen molar-refractivity contribution in [2.24, 2.45) is 0 Å². The van der Waals surface area contributed by atoms with Gasteiger partial charge in [0.25, 0.3) is 0 Å². The van der Waals surface area contributed by atoms with E-state index < -0.39 is 13.3 Å². The van der Waals surface area contributed by atoms with Crippen molar-refractivity contribution in [1.82, 2.24) is 0 Å². The van der Waals surface area contributed by atoms with E-state index in [-0.39, 0.29) is 5.92 Å². The second-order valence-electron chi connectivity index (χ2n) is 6.53. The summed E-state index contributed by atoms with van der Waals surface area (Å²) in [5.41, 5.74) is 2.67. The van der Waals surface area contributed by atoms with Crippen LogP contribution in [0.1, 0.15) is 42.1 Å². The summed E-state index contributed by atoms with van der Waals surface area (Å²) in [5, 5.41) is 0. The molecule has 0 amide bonds. The Balaban J connectivity index is 2.24. The maximum Gasteiger partial charge on any atom is 0.339 e. The van der Waals surface area contributed by atoms with Gasteiger partial charge in [-0.15, -0.1) is 0 Å². The van der Waals surface area contributed by atoms with Gasteiger partial charge in [0.05, 0.1) is 18.9 Å². The van der Waals surface area contributed by atoms with Crippen LogP contribution >= 0.6 is 7.60 Å². The van der Waals surface area contributed by atoms with Crippen molar-refractivity contribution in [2.45, 2.75) is 25.4 Å². The van der Waals surface area contributed by atoms with E-state index in [9.17, 15) is 4.57 Å². The van der Waals surface area contributed by atoms with E-state index in [1.54, 1.807) is 0 Å². The van der Waals surface area contributed by atoms with Crippen LogP contribution in [0.25, 0.3) is 0 Å². The molecular formula is C24H27O3P. The average Bonchev–Trinajstić information content (AvgIpc) is 2.74. The van der Waals surface area contributed by atoms with Gasteiger partial charge in [0.2, 0.25) is 0 Å². The Hall–Kier alpha value is -2.19. The first-order valence-corrected chi connectivity index (χ1v) is 11.3. The molecule has 3 aromatic rings. The molecule has 0 fully saturated rings. The summed E-state index contributed by atoms with van der Waals surface area (Å²) in [6.45, 7) is 4.37. The minimum absolute atomic E-state index is 0.159. The third-order valence-corrected chi connectivity index (χ3v) is 7.25. The Labute approximate surface area is 167 Å². The number of hydrogen-bond acceptors (Lipinski definition) is 3. The van der Waals surface area contributed by atoms with Crippen LogP contribution in [0.4, 0.5) is 0 Å². The fourth-order valence-corrected chi connectivity index (χ4v) is 6.01. The van der Waals surface area contributed by atoms with Crippen LogP contribution in [0.3, 0.4) is 0 Å². The van der Waals surface area contributed by atoms with E-state index in [0.29, 0.717) is 13.2 Å². The molecule has 0 saturated heterocycles. The van der Waals surface area contributed by atoms with Crippen molar-refractivity contribution in [1.29, 1.82) is 0 Å². The topological polar surface area (TPSA) is 35.5 Å². The van der Waals surface area contributed by atoms with Gasteiger partial charge in [-0.3, -0.25) is 4.57 Å². The molecule has 0 aromatic heterocycles. The van der Waals surface area contributed by atoms with E-state index >= 15 is 0 Å². The van der Waals surface area contributed by atoms with Gasteiger partial charge in [0, 0.05) is 5.92 Å². The molecule has 1 unspecified atom stereocenters. The van der Waals surface area contributed by atoms with E-state index in [2.05, 4.69) is 24.3 Å². The highest BCUT2D eigenvalue weighted by Crippen LogP contribution is 2.66. The third kappa shape index (κ3) is 4.62. The molecule has 28 heavy (non-hydrogen) atoms. The summed E-state index contributed by atoms with van der Waals surface area (Å²) in [6, 6.07) is 30.3. The van der Waals surface area contributed by atoms with Crippen molar-refractivity contribution < 1.29 is 13.6 Å². The fraction of sp³-hybridized carbons (Fsp3) is 0.250. The minimum atomic E-state index is -3.44. The maximum atomic E-state index is 14.1. The zero-order valence-electron chi connectivity index (χ0n) is 16.4. The number of benzene rings is 3. The van der Waals surface area contributed by atoms with Crippen molar-refractivity contribution in [3.8, 4) is 0 Å². The summed E-state index contributed by atoms with van der Waals surface area (Å²) in [4.78, 5) is 0. The van der Waals surface area contributed by atoms with Crippen molar-refractivity contribution in [2.75, 3.05) is 13.2 Å². The molecule has 0 saturated carbocycles. The Kier molecular flexibility index (Phi) is 7.22. The quantitative estimate of drug-likeness (QED) is 0.373. The summed E-state index contributed by atoms with van der Waals surface area (Å²) in [7, 11) is -3.44. The van der Waals surface area contributed by atoms with E-state index in [0.717, 1.165) is 16.7 Å². The first kappa shape index (κ1) is 20.5. The van der Waals surface area contributed by atoms with Crippen LogP contribution in [0.2, 0.25) is 0 Å². The van der Waals surface area contributed by atoms with Crippen molar-refractivity contribution >= 4 is 7.60 Å². The molecule has 0 radical (unpaired) electrons. The lowest BCUT2D eigenvalue weighted by Crippen LogP contribution is -2.17. The molecule has 3 nitrogen and oxygen atoms in total. The summed E-state index contributed by atoms with van der Waals surface area (Å²) in [5.74, 6) is -0.159. The smallest absolute Gasteiger partial charge is 0.308 e. The molecule has 0 bridgehead atoms. The second-order valence-corrected chi connectivity index (χ2v) is 8.68. The minimum Gasteiger partial charge on any atom is -0.308 e. The highest BCUT2D eigenvalue weighted by molar-refractivity contribution is 7.54. The van der Waals surface area contributed by atoms with Gasteiger partial charge in [-0.1, -0.05) is 91.0 Å². The first-order valence-electron chi connectivity index (χ1n) is 9.73. The van der Waals surface area contributed by atoms with Crippen LogP contribution in [-0.2, 0) is 13.6 Å². The number of hydrogen-bond donors (Lipinski definition) is 0. The molecule has 3 aromatic carbocycles. The molecule has 0 aliphatic rings. The highest BCUT2D eigenvalue weighted by Gasteiger charge is 2.43. The molecule has 0 aliphatic carbocycles. The summed E-state index contributed by atoms with van der Waals surface area (Å²) < 4.78 is 25.7. The van der Waals surface area contributed by atoms with E-state index in [1.807, 2.05) is 80.6 Å². The lowest BCUT2D eigenvalue weighted by Gasteiger charge is -2.33. The average molecular weight is 394 g/mol. The zero-order valence-corrected chi connectivity index (χ0v) is 17.3. The lowest BCUT2D eigenvalue weighted by molar-refractivity contribution is 0.210. The normalized spacial score (nSPS) is 12.8. The molecule has 146 valence electrons. The van der Waals surface area contributed by atoms with Gasteiger partial charge in [0.1, 0.15) is 0 Å². The van der Waals surface area contributed by atoms with Gasteiger partial charge < -0.3 is 9.05 Å². The van der Waals surface area contributed by atoms with Gasteiger partial charge in [0.15, 0.2) is 0 Å². The second kappa shape index (κ2) is 9.84. The Morgan fingerprint density at radius 1 is 0.643 bits per heavy atom. The van der Waals surface area contributed by atoms with Gasteiger partial charge in [-0.2, -0.15) is 0 Å². The van der Waals surface area contributed by atoms with E-state index in [1.165, 1.54) is 0 Å². The van der Waals surface area contributed by atoms with Crippen LogP contribution in [0, 0.1) is 0 Å². The Morgan fingerprint density at radius 3 is 1.36 bits per heavy atom.